The molecule has 3 nitrogen and oxygen atoms in total. The molecule has 88 valence electrons. The van der Waals surface area contributed by atoms with Gasteiger partial charge in [-0.3, -0.25) is 0 Å². The second-order valence-electron chi connectivity index (χ2n) is 2.80. The molecule has 1 heterocycles. The Morgan fingerprint density at radius 1 is 1.69 bits per heavy atom. The van der Waals surface area contributed by atoms with Crippen molar-refractivity contribution in [1.29, 1.82) is 0 Å². The van der Waals surface area contributed by atoms with E-state index >= 15 is 0 Å². The van der Waals surface area contributed by atoms with Crippen LogP contribution in [0.15, 0.2) is 6.07 Å². The first-order valence-corrected chi connectivity index (χ1v) is 6.33. The number of ether oxygens (including phenoxy) is 1. The van der Waals surface area contributed by atoms with Crippen molar-refractivity contribution in [3.63, 3.8) is 0 Å². The van der Waals surface area contributed by atoms with E-state index in [0.29, 0.717) is 5.56 Å². The third-order valence-corrected chi connectivity index (χ3v) is 3.31. The van der Waals surface area contributed by atoms with Crippen molar-refractivity contribution in [2.24, 2.45) is 0 Å². The van der Waals surface area contributed by atoms with Gasteiger partial charge in [-0.2, -0.15) is 0 Å². The number of aromatic nitrogens is 1. The molecule has 0 N–H and O–H groups in total. The lowest BCUT2D eigenvalue weighted by atomic mass is 10.1. The van der Waals surface area contributed by atoms with Gasteiger partial charge in [0.15, 0.2) is 5.69 Å². The molecule has 1 rings (SSSR count). The van der Waals surface area contributed by atoms with Crippen molar-refractivity contribution in [2.45, 2.75) is 11.8 Å². The van der Waals surface area contributed by atoms with Gasteiger partial charge in [-0.1, -0.05) is 15.9 Å². The zero-order valence-electron chi connectivity index (χ0n) is 8.14. The molecule has 1 aromatic rings. The number of esters is 1. The second-order valence-corrected chi connectivity index (χ2v) is 4.38. The predicted octanol–water partition coefficient (Wildman–Crippen LogP) is 3.31. The molecule has 0 saturated carbocycles. The molecule has 0 fully saturated rings. The molecule has 0 unspecified atom stereocenters. The van der Waals surface area contributed by atoms with Crippen LogP contribution in [0.25, 0.3) is 0 Å². The van der Waals surface area contributed by atoms with Gasteiger partial charge in [0.25, 0.3) is 6.43 Å². The van der Waals surface area contributed by atoms with Gasteiger partial charge in [0.2, 0.25) is 0 Å². The Kier molecular flexibility index (Phi) is 5.03. The van der Waals surface area contributed by atoms with Crippen molar-refractivity contribution in [1.82, 2.24) is 4.98 Å². The molecule has 0 aliphatic rings. The SMILES string of the molecule is COC(=O)c1nc(I)c(C(F)F)cc1CBr. The van der Waals surface area contributed by atoms with E-state index in [2.05, 4.69) is 25.7 Å². The van der Waals surface area contributed by atoms with E-state index in [0.717, 1.165) is 0 Å². The third-order valence-electron chi connectivity index (χ3n) is 1.84. The van der Waals surface area contributed by atoms with Crippen LogP contribution in [0.3, 0.4) is 0 Å². The minimum absolute atomic E-state index is 0.0631. The molecule has 0 atom stereocenters. The first-order chi connectivity index (χ1) is 7.51. The number of carbonyl (C=O) groups is 1. The standard InChI is InChI=1S/C9H7BrF2INO2/c1-16-9(15)6-4(3-10)2-5(7(11)12)8(13)14-6/h2,7H,3H2,1H3. The second kappa shape index (κ2) is 5.85. The van der Waals surface area contributed by atoms with E-state index in [1.165, 1.54) is 13.2 Å². The van der Waals surface area contributed by atoms with Gasteiger partial charge in [-0.15, -0.1) is 0 Å². The number of hydrogen-bond donors (Lipinski definition) is 0. The number of hydrogen-bond acceptors (Lipinski definition) is 3. The molecule has 0 aliphatic heterocycles. The first kappa shape index (κ1) is 13.8. The molecular weight excluding hydrogens is 399 g/mol. The van der Waals surface area contributed by atoms with Crippen molar-refractivity contribution >= 4 is 44.5 Å². The topological polar surface area (TPSA) is 39.2 Å². The summed E-state index contributed by atoms with van der Waals surface area (Å²) in [5.74, 6) is -0.631. The van der Waals surface area contributed by atoms with Crippen LogP contribution in [0, 0.1) is 3.70 Å². The zero-order chi connectivity index (χ0) is 12.3. The average molecular weight is 406 g/mol. The molecule has 0 spiro atoms. The number of pyridine rings is 1. The molecule has 16 heavy (non-hydrogen) atoms. The monoisotopic (exact) mass is 405 g/mol. The average Bonchev–Trinajstić information content (AvgIpc) is 2.27. The summed E-state index contributed by atoms with van der Waals surface area (Å²) in [7, 11) is 1.22. The Labute approximate surface area is 113 Å². The normalized spacial score (nSPS) is 10.6. The maximum Gasteiger partial charge on any atom is 0.357 e. The number of alkyl halides is 3. The Morgan fingerprint density at radius 3 is 2.75 bits per heavy atom. The van der Waals surface area contributed by atoms with Gasteiger partial charge in [-0.05, 0) is 34.2 Å². The fourth-order valence-electron chi connectivity index (χ4n) is 1.08. The number of rotatable bonds is 3. The Balaban J connectivity index is 3.32. The minimum Gasteiger partial charge on any atom is -0.464 e. The summed E-state index contributed by atoms with van der Waals surface area (Å²) in [6, 6.07) is 1.26. The van der Waals surface area contributed by atoms with Crippen molar-refractivity contribution in [3.05, 3.63) is 26.6 Å². The molecule has 1 aromatic heterocycles. The number of halogens is 4. The predicted molar refractivity (Wildman–Crippen MR) is 65.9 cm³/mol. The lowest BCUT2D eigenvalue weighted by molar-refractivity contribution is 0.0592. The summed E-state index contributed by atoms with van der Waals surface area (Å²) in [6.45, 7) is 0. The van der Waals surface area contributed by atoms with Crippen LogP contribution in [0.5, 0.6) is 0 Å². The summed E-state index contributed by atoms with van der Waals surface area (Å²) in [5, 5.41) is 0.265. The van der Waals surface area contributed by atoms with E-state index < -0.39 is 12.4 Å². The Morgan fingerprint density at radius 2 is 2.31 bits per heavy atom. The highest BCUT2D eigenvalue weighted by Gasteiger charge is 2.20. The summed E-state index contributed by atoms with van der Waals surface area (Å²) >= 11 is 4.79. The zero-order valence-corrected chi connectivity index (χ0v) is 11.9. The van der Waals surface area contributed by atoms with Crippen LogP contribution < -0.4 is 0 Å². The summed E-state index contributed by atoms with van der Waals surface area (Å²) < 4.78 is 29.8. The van der Waals surface area contributed by atoms with E-state index in [1.54, 1.807) is 22.6 Å². The summed E-state index contributed by atoms with van der Waals surface area (Å²) in [4.78, 5) is 15.2. The van der Waals surface area contributed by atoms with Crippen LogP contribution in [0.4, 0.5) is 8.78 Å². The van der Waals surface area contributed by atoms with Crippen molar-refractivity contribution in [2.75, 3.05) is 7.11 Å². The van der Waals surface area contributed by atoms with Crippen LogP contribution in [-0.2, 0) is 10.1 Å². The van der Waals surface area contributed by atoms with Gasteiger partial charge in [0, 0.05) is 5.33 Å². The highest BCUT2D eigenvalue weighted by atomic mass is 127. The first-order valence-electron chi connectivity index (χ1n) is 4.13. The fraction of sp³-hybridized carbons (Fsp3) is 0.333. The van der Waals surface area contributed by atoms with E-state index in [4.69, 9.17) is 0 Å². The number of carbonyl (C=O) groups excluding carboxylic acids is 1. The quantitative estimate of drug-likeness (QED) is 0.335. The minimum atomic E-state index is -2.61. The number of nitrogens with zero attached hydrogens (tertiary/aromatic N) is 1. The highest BCUT2D eigenvalue weighted by molar-refractivity contribution is 14.1. The van der Waals surface area contributed by atoms with E-state index in [9.17, 15) is 13.6 Å². The molecule has 7 heteroatoms. The van der Waals surface area contributed by atoms with Crippen LogP contribution in [-0.4, -0.2) is 18.1 Å². The maximum absolute atomic E-state index is 12.6. The Hall–Kier alpha value is -0.310. The molecule has 0 saturated heterocycles. The van der Waals surface area contributed by atoms with Gasteiger partial charge in [0.1, 0.15) is 3.70 Å². The lowest BCUT2D eigenvalue weighted by Crippen LogP contribution is -2.11. The van der Waals surface area contributed by atoms with Crippen LogP contribution >= 0.6 is 38.5 Å². The summed E-state index contributed by atoms with van der Waals surface area (Å²) in [6.07, 6.45) is -2.61. The number of methoxy groups -OCH3 is 1. The Bertz CT molecular complexity index is 415. The molecule has 0 amide bonds. The molecular formula is C9H7BrF2INO2. The lowest BCUT2D eigenvalue weighted by Gasteiger charge is -2.09. The molecule has 0 bridgehead atoms. The van der Waals surface area contributed by atoms with Gasteiger partial charge in [-0.25, -0.2) is 18.6 Å². The third kappa shape index (κ3) is 2.88. The van der Waals surface area contributed by atoms with Gasteiger partial charge in [0.05, 0.1) is 12.7 Å². The fourth-order valence-corrected chi connectivity index (χ4v) is 2.14. The molecule has 0 radical (unpaired) electrons. The van der Waals surface area contributed by atoms with Crippen molar-refractivity contribution in [3.8, 4) is 0 Å². The van der Waals surface area contributed by atoms with E-state index in [1.807, 2.05) is 0 Å². The molecule has 0 aliphatic carbocycles. The maximum atomic E-state index is 12.6. The van der Waals surface area contributed by atoms with Crippen LogP contribution in [0.2, 0.25) is 0 Å². The molecule has 0 aromatic carbocycles. The van der Waals surface area contributed by atoms with E-state index in [-0.39, 0.29) is 20.3 Å². The largest absolute Gasteiger partial charge is 0.464 e. The van der Waals surface area contributed by atoms with Crippen molar-refractivity contribution < 1.29 is 18.3 Å². The van der Waals surface area contributed by atoms with Gasteiger partial charge < -0.3 is 4.74 Å². The van der Waals surface area contributed by atoms with Gasteiger partial charge >= 0.3 is 5.97 Å². The smallest absolute Gasteiger partial charge is 0.357 e. The summed E-state index contributed by atoms with van der Waals surface area (Å²) in [5.41, 5.74) is 0.276. The van der Waals surface area contributed by atoms with Crippen LogP contribution in [0.1, 0.15) is 28.0 Å². The highest BCUT2D eigenvalue weighted by Crippen LogP contribution is 2.26.